The second-order valence-corrected chi connectivity index (χ2v) is 4.73. The lowest BCUT2D eigenvalue weighted by Gasteiger charge is -2.40. The van der Waals surface area contributed by atoms with Gasteiger partial charge in [0.2, 0.25) is 0 Å². The Bertz CT molecular complexity index is 458. The highest BCUT2D eigenvalue weighted by molar-refractivity contribution is 5.73. The first-order chi connectivity index (χ1) is 8.33. The van der Waals surface area contributed by atoms with Gasteiger partial charge in [-0.05, 0) is 5.56 Å². The molecular weight excluding hydrogens is 220 g/mol. The Morgan fingerprint density at radius 3 is 2.65 bits per heavy atom. The second kappa shape index (κ2) is 3.31. The standard InChI is InChI=1S/C13H12O4/c14-9-6-8-11(16-9)13-12(15-8)10(17-13)7-4-2-1-3-5-7/h1-5,8,10-13H,6H2/t8-,10-,11+,12-,13-/m0/s1. The third-order valence-corrected chi connectivity index (χ3v) is 3.71. The number of rotatable bonds is 1. The van der Waals surface area contributed by atoms with Crippen LogP contribution in [-0.2, 0) is 19.0 Å². The summed E-state index contributed by atoms with van der Waals surface area (Å²) in [5, 5.41) is 0. The molecule has 0 aliphatic carbocycles. The fourth-order valence-electron chi connectivity index (χ4n) is 2.89. The van der Waals surface area contributed by atoms with Gasteiger partial charge in [0.1, 0.15) is 24.4 Å². The Kier molecular flexibility index (Phi) is 1.87. The van der Waals surface area contributed by atoms with Crippen LogP contribution in [0.25, 0.3) is 0 Å². The quantitative estimate of drug-likeness (QED) is 0.683. The van der Waals surface area contributed by atoms with Gasteiger partial charge >= 0.3 is 5.97 Å². The zero-order valence-electron chi connectivity index (χ0n) is 9.11. The fourth-order valence-corrected chi connectivity index (χ4v) is 2.89. The minimum Gasteiger partial charge on any atom is -0.457 e. The predicted molar refractivity (Wildman–Crippen MR) is 57.2 cm³/mol. The monoisotopic (exact) mass is 232 g/mol. The van der Waals surface area contributed by atoms with Gasteiger partial charge in [0, 0.05) is 0 Å². The highest BCUT2D eigenvalue weighted by Crippen LogP contribution is 2.48. The molecule has 0 unspecified atom stereocenters. The molecule has 0 amide bonds. The first kappa shape index (κ1) is 9.62. The average molecular weight is 232 g/mol. The van der Waals surface area contributed by atoms with Crippen LogP contribution in [0.4, 0.5) is 0 Å². The number of carbonyl (C=O) groups excluding carboxylic acids is 1. The molecule has 0 spiro atoms. The van der Waals surface area contributed by atoms with Crippen molar-refractivity contribution in [2.45, 2.75) is 36.9 Å². The molecule has 0 radical (unpaired) electrons. The van der Waals surface area contributed by atoms with Gasteiger partial charge in [-0.25, -0.2) is 0 Å². The van der Waals surface area contributed by atoms with E-state index >= 15 is 0 Å². The minimum absolute atomic E-state index is 0.00879. The highest BCUT2D eigenvalue weighted by Gasteiger charge is 2.61. The van der Waals surface area contributed by atoms with Crippen LogP contribution in [0.15, 0.2) is 30.3 Å². The van der Waals surface area contributed by atoms with E-state index in [1.165, 1.54) is 0 Å². The largest absolute Gasteiger partial charge is 0.457 e. The van der Waals surface area contributed by atoms with E-state index in [1.54, 1.807) is 0 Å². The summed E-state index contributed by atoms with van der Waals surface area (Å²) in [6.07, 6.45) is 0.0315. The Balaban J connectivity index is 1.55. The van der Waals surface area contributed by atoms with Crippen LogP contribution >= 0.6 is 0 Å². The van der Waals surface area contributed by atoms with Crippen molar-refractivity contribution in [3.05, 3.63) is 35.9 Å². The molecule has 0 bridgehead atoms. The molecule has 0 aromatic heterocycles. The Morgan fingerprint density at radius 2 is 1.82 bits per heavy atom. The van der Waals surface area contributed by atoms with Crippen molar-refractivity contribution in [1.29, 1.82) is 0 Å². The van der Waals surface area contributed by atoms with Gasteiger partial charge in [-0.2, -0.15) is 0 Å². The van der Waals surface area contributed by atoms with Gasteiger partial charge in [0.25, 0.3) is 0 Å². The van der Waals surface area contributed by atoms with Gasteiger partial charge < -0.3 is 14.2 Å². The average Bonchev–Trinajstić information content (AvgIpc) is 2.77. The maximum absolute atomic E-state index is 11.1. The summed E-state index contributed by atoms with van der Waals surface area (Å²) in [5.74, 6) is -0.176. The van der Waals surface area contributed by atoms with Crippen LogP contribution in [-0.4, -0.2) is 30.4 Å². The van der Waals surface area contributed by atoms with E-state index in [0.29, 0.717) is 6.42 Å². The summed E-state index contributed by atoms with van der Waals surface area (Å²) < 4.78 is 16.9. The van der Waals surface area contributed by atoms with E-state index in [0.717, 1.165) is 5.56 Å². The molecule has 88 valence electrons. The smallest absolute Gasteiger partial charge is 0.309 e. The van der Waals surface area contributed by atoms with Crippen LogP contribution in [0.2, 0.25) is 0 Å². The third kappa shape index (κ3) is 1.28. The number of carbonyl (C=O) groups is 1. The van der Waals surface area contributed by atoms with Gasteiger partial charge in [-0.15, -0.1) is 0 Å². The predicted octanol–water partition coefficient (Wildman–Crippen LogP) is 1.21. The molecule has 3 fully saturated rings. The summed E-state index contributed by atoms with van der Waals surface area (Å²) in [6, 6.07) is 10.0. The molecule has 1 aromatic rings. The highest BCUT2D eigenvalue weighted by atomic mass is 16.7. The first-order valence-corrected chi connectivity index (χ1v) is 5.88. The molecule has 5 atom stereocenters. The molecular formula is C13H12O4. The Labute approximate surface area is 98.5 Å². The third-order valence-electron chi connectivity index (χ3n) is 3.71. The normalized spacial score (nSPS) is 42.6. The summed E-state index contributed by atoms with van der Waals surface area (Å²) in [5.41, 5.74) is 1.13. The molecule has 1 aromatic carbocycles. The minimum atomic E-state index is -0.188. The SMILES string of the molecule is O=C1C[C@@H]2O[C@@H]3[C@@H](O[C@H]3c3ccccc3)[C@@H]2O1. The molecule has 0 N–H and O–H groups in total. The lowest BCUT2D eigenvalue weighted by Crippen LogP contribution is -2.49. The van der Waals surface area contributed by atoms with Gasteiger partial charge in [-0.1, -0.05) is 30.3 Å². The van der Waals surface area contributed by atoms with E-state index in [9.17, 15) is 4.79 Å². The van der Waals surface area contributed by atoms with Crippen molar-refractivity contribution in [3.63, 3.8) is 0 Å². The summed E-state index contributed by atoms with van der Waals surface area (Å²) in [6.45, 7) is 0. The number of hydrogen-bond donors (Lipinski definition) is 0. The lowest BCUT2D eigenvalue weighted by atomic mass is 9.92. The zero-order chi connectivity index (χ0) is 11.4. The van der Waals surface area contributed by atoms with Crippen molar-refractivity contribution in [1.82, 2.24) is 0 Å². The molecule has 3 aliphatic heterocycles. The molecule has 4 heteroatoms. The number of ether oxygens (including phenoxy) is 3. The summed E-state index contributed by atoms with van der Waals surface area (Å²) in [4.78, 5) is 11.1. The van der Waals surface area contributed by atoms with Gasteiger partial charge in [0.15, 0.2) is 6.10 Å². The summed E-state index contributed by atoms with van der Waals surface area (Å²) >= 11 is 0. The molecule has 4 rings (SSSR count). The molecule has 3 aliphatic rings. The van der Waals surface area contributed by atoms with Crippen molar-refractivity contribution in [2.75, 3.05) is 0 Å². The van der Waals surface area contributed by atoms with Crippen LogP contribution in [0.3, 0.4) is 0 Å². The lowest BCUT2D eigenvalue weighted by molar-refractivity contribution is -0.224. The topological polar surface area (TPSA) is 44.8 Å². The zero-order valence-corrected chi connectivity index (χ0v) is 9.11. The van der Waals surface area contributed by atoms with E-state index in [4.69, 9.17) is 14.2 Å². The van der Waals surface area contributed by atoms with Crippen LogP contribution in [0.5, 0.6) is 0 Å². The number of benzene rings is 1. The Morgan fingerprint density at radius 1 is 1.00 bits per heavy atom. The molecule has 0 saturated carbocycles. The van der Waals surface area contributed by atoms with E-state index < -0.39 is 0 Å². The second-order valence-electron chi connectivity index (χ2n) is 4.73. The molecule has 3 heterocycles. The van der Waals surface area contributed by atoms with Crippen LogP contribution in [0.1, 0.15) is 18.1 Å². The van der Waals surface area contributed by atoms with Gasteiger partial charge in [-0.3, -0.25) is 4.79 Å². The number of hydrogen-bond acceptors (Lipinski definition) is 4. The number of fused-ring (bicyclic) bond motifs is 3. The van der Waals surface area contributed by atoms with E-state index in [1.807, 2.05) is 30.3 Å². The fraction of sp³-hybridized carbons (Fsp3) is 0.462. The van der Waals surface area contributed by atoms with Gasteiger partial charge in [0.05, 0.1) is 6.42 Å². The van der Waals surface area contributed by atoms with Crippen LogP contribution < -0.4 is 0 Å². The van der Waals surface area contributed by atoms with E-state index in [2.05, 4.69) is 0 Å². The maximum Gasteiger partial charge on any atom is 0.309 e. The number of esters is 1. The van der Waals surface area contributed by atoms with Crippen LogP contribution in [0, 0.1) is 0 Å². The maximum atomic E-state index is 11.1. The van der Waals surface area contributed by atoms with Crippen molar-refractivity contribution in [3.8, 4) is 0 Å². The Hall–Kier alpha value is -1.39. The molecule has 3 saturated heterocycles. The van der Waals surface area contributed by atoms with Crippen molar-refractivity contribution >= 4 is 5.97 Å². The molecule has 17 heavy (non-hydrogen) atoms. The van der Waals surface area contributed by atoms with Crippen molar-refractivity contribution < 1.29 is 19.0 Å². The molecule has 4 nitrogen and oxygen atoms in total. The summed E-state index contributed by atoms with van der Waals surface area (Å²) in [7, 11) is 0. The van der Waals surface area contributed by atoms with Crippen molar-refractivity contribution in [2.24, 2.45) is 0 Å². The first-order valence-electron chi connectivity index (χ1n) is 5.88. The van der Waals surface area contributed by atoms with E-state index in [-0.39, 0.29) is 36.5 Å².